The molecule has 0 spiro atoms. The zero-order valence-electron chi connectivity index (χ0n) is 18.7. The third kappa shape index (κ3) is 4.14. The first-order valence-corrected chi connectivity index (χ1v) is 10.7. The van der Waals surface area contributed by atoms with E-state index in [0.29, 0.717) is 22.6 Å². The van der Waals surface area contributed by atoms with Crippen LogP contribution in [0.25, 0.3) is 5.76 Å². The first kappa shape index (κ1) is 23.7. The van der Waals surface area contributed by atoms with E-state index in [-0.39, 0.29) is 27.7 Å². The number of nitrogens with zero attached hydrogens (tertiary/aromatic N) is 2. The quantitative estimate of drug-likeness (QED) is 0.305. The van der Waals surface area contributed by atoms with Gasteiger partial charge in [0.25, 0.3) is 11.7 Å². The van der Waals surface area contributed by atoms with E-state index in [2.05, 4.69) is 0 Å². The summed E-state index contributed by atoms with van der Waals surface area (Å²) in [6.45, 7) is 0. The number of amides is 1. The van der Waals surface area contributed by atoms with E-state index in [9.17, 15) is 19.8 Å². The van der Waals surface area contributed by atoms with Crippen molar-refractivity contribution in [1.29, 1.82) is 5.26 Å². The summed E-state index contributed by atoms with van der Waals surface area (Å²) in [7, 11) is 2.81. The van der Waals surface area contributed by atoms with Crippen molar-refractivity contribution in [2.24, 2.45) is 0 Å². The average molecular weight is 491 g/mol. The first-order chi connectivity index (χ1) is 16.8. The van der Waals surface area contributed by atoms with Gasteiger partial charge >= 0.3 is 0 Å². The number of rotatable bonds is 5. The van der Waals surface area contributed by atoms with E-state index in [1.807, 2.05) is 6.07 Å². The van der Waals surface area contributed by atoms with E-state index in [1.54, 1.807) is 24.3 Å². The monoisotopic (exact) mass is 490 g/mol. The second-order valence-electron chi connectivity index (χ2n) is 7.61. The number of ether oxygens (including phenoxy) is 2. The summed E-state index contributed by atoms with van der Waals surface area (Å²) in [4.78, 5) is 27.7. The van der Waals surface area contributed by atoms with Crippen LogP contribution in [-0.4, -0.2) is 36.1 Å². The number of methoxy groups -OCH3 is 2. The van der Waals surface area contributed by atoms with Gasteiger partial charge in [0, 0.05) is 11.8 Å². The number of phenolic OH excluding ortho intramolecular Hbond substituents is 1. The fourth-order valence-corrected chi connectivity index (χ4v) is 4.20. The van der Waals surface area contributed by atoms with Gasteiger partial charge in [0.2, 0.25) is 0 Å². The smallest absolute Gasteiger partial charge is 0.300 e. The van der Waals surface area contributed by atoms with Gasteiger partial charge in [-0.3, -0.25) is 14.5 Å². The second-order valence-corrected chi connectivity index (χ2v) is 8.01. The number of carbonyl (C=O) groups is 2. The lowest BCUT2D eigenvalue weighted by Gasteiger charge is -2.25. The highest BCUT2D eigenvalue weighted by Gasteiger charge is 2.47. The molecule has 8 nitrogen and oxygen atoms in total. The van der Waals surface area contributed by atoms with Crippen molar-refractivity contribution in [1.82, 2.24) is 0 Å². The molecule has 1 aliphatic heterocycles. The number of aliphatic hydroxyl groups excluding tert-OH is 1. The van der Waals surface area contributed by atoms with Crippen LogP contribution in [0.5, 0.6) is 17.2 Å². The Morgan fingerprint density at radius 3 is 2.20 bits per heavy atom. The molecular formula is C26H19ClN2O6. The largest absolute Gasteiger partial charge is 0.508 e. The highest BCUT2D eigenvalue weighted by molar-refractivity contribution is 6.51. The number of nitriles is 1. The van der Waals surface area contributed by atoms with Crippen LogP contribution < -0.4 is 14.4 Å². The van der Waals surface area contributed by atoms with Crippen LogP contribution in [0.15, 0.2) is 66.2 Å². The summed E-state index contributed by atoms with van der Waals surface area (Å²) in [6.07, 6.45) is 0. The zero-order valence-corrected chi connectivity index (χ0v) is 19.4. The molecule has 0 aliphatic carbocycles. The molecule has 0 bridgehead atoms. The molecule has 1 fully saturated rings. The number of ketones is 1. The molecule has 176 valence electrons. The highest BCUT2D eigenvalue weighted by atomic mass is 35.5. The van der Waals surface area contributed by atoms with Gasteiger partial charge in [0.05, 0.1) is 48.1 Å². The number of aromatic hydroxyl groups is 1. The minimum absolute atomic E-state index is 0.00678. The molecule has 0 radical (unpaired) electrons. The second kappa shape index (κ2) is 9.41. The molecule has 1 atom stereocenters. The Bertz CT molecular complexity index is 1390. The molecule has 9 heteroatoms. The Balaban J connectivity index is 1.97. The number of hydrogen-bond acceptors (Lipinski definition) is 7. The molecule has 1 aliphatic rings. The van der Waals surface area contributed by atoms with E-state index < -0.39 is 23.5 Å². The van der Waals surface area contributed by atoms with E-state index in [1.165, 1.54) is 55.5 Å². The van der Waals surface area contributed by atoms with Gasteiger partial charge in [-0.05, 0) is 48.0 Å². The minimum atomic E-state index is -1.03. The van der Waals surface area contributed by atoms with Crippen molar-refractivity contribution < 1.29 is 29.3 Å². The summed E-state index contributed by atoms with van der Waals surface area (Å²) in [5, 5.41) is 30.4. The Hall–Kier alpha value is -4.48. The molecule has 3 aromatic rings. The number of halogens is 1. The molecule has 1 amide bonds. The summed E-state index contributed by atoms with van der Waals surface area (Å²) in [5.41, 5.74) is 1.10. The molecule has 4 rings (SSSR count). The van der Waals surface area contributed by atoms with Gasteiger partial charge in [-0.2, -0.15) is 5.26 Å². The third-order valence-corrected chi connectivity index (χ3v) is 5.95. The van der Waals surface area contributed by atoms with Gasteiger partial charge in [-0.1, -0.05) is 23.7 Å². The van der Waals surface area contributed by atoms with Crippen molar-refractivity contribution in [3.63, 3.8) is 0 Å². The van der Waals surface area contributed by atoms with Crippen LogP contribution in [-0.2, 0) is 9.59 Å². The number of aliphatic hydroxyl groups is 1. The van der Waals surface area contributed by atoms with Crippen molar-refractivity contribution in [3.05, 3.63) is 87.9 Å². The number of Topliss-reactive ketones (excluding diaryl/α,β-unsaturated/α-hetero) is 1. The molecule has 1 heterocycles. The minimum Gasteiger partial charge on any atom is -0.508 e. The summed E-state index contributed by atoms with van der Waals surface area (Å²) in [6, 6.07) is 15.9. The van der Waals surface area contributed by atoms with Crippen molar-refractivity contribution in [2.45, 2.75) is 6.04 Å². The van der Waals surface area contributed by atoms with Crippen molar-refractivity contribution >= 4 is 34.7 Å². The number of carbonyl (C=O) groups excluding carboxylic acids is 2. The van der Waals surface area contributed by atoms with E-state index in [4.69, 9.17) is 26.3 Å². The normalized spacial score (nSPS) is 16.7. The molecular weight excluding hydrogens is 472 g/mol. The summed E-state index contributed by atoms with van der Waals surface area (Å²) in [5.74, 6) is -1.80. The molecule has 1 unspecified atom stereocenters. The van der Waals surface area contributed by atoms with Crippen LogP contribution in [0.2, 0.25) is 5.02 Å². The molecule has 3 aromatic carbocycles. The van der Waals surface area contributed by atoms with Crippen LogP contribution in [0, 0.1) is 11.3 Å². The highest BCUT2D eigenvalue weighted by Crippen LogP contribution is 2.44. The first-order valence-electron chi connectivity index (χ1n) is 10.3. The Morgan fingerprint density at radius 2 is 1.63 bits per heavy atom. The maximum absolute atomic E-state index is 13.3. The molecule has 35 heavy (non-hydrogen) atoms. The summed E-state index contributed by atoms with van der Waals surface area (Å²) < 4.78 is 10.6. The van der Waals surface area contributed by atoms with Crippen LogP contribution >= 0.6 is 11.6 Å². The topological polar surface area (TPSA) is 120 Å². The van der Waals surface area contributed by atoms with Crippen molar-refractivity contribution in [3.8, 4) is 23.3 Å². The van der Waals surface area contributed by atoms with Crippen LogP contribution in [0.4, 0.5) is 5.69 Å². The fourth-order valence-electron chi connectivity index (χ4n) is 3.96. The third-order valence-electron chi connectivity index (χ3n) is 5.66. The maximum atomic E-state index is 13.3. The predicted molar refractivity (Wildman–Crippen MR) is 129 cm³/mol. The maximum Gasteiger partial charge on any atom is 0.300 e. The standard InChI is InChI=1S/C26H19ClN2O6/c1-34-20-12-21(35-2)19(27)11-18(20)24(31)22-23(15-5-9-17(30)10-6-15)29(26(33)25(22)32)16-7-3-14(13-28)4-8-16/h3-12,23,30-31H,1-2H3/b24-22+. The zero-order chi connectivity index (χ0) is 25.3. The van der Waals surface area contributed by atoms with Gasteiger partial charge in [0.1, 0.15) is 23.0 Å². The van der Waals surface area contributed by atoms with Crippen LogP contribution in [0.1, 0.15) is 22.7 Å². The van der Waals surface area contributed by atoms with E-state index >= 15 is 0 Å². The molecule has 0 saturated carbocycles. The molecule has 1 saturated heterocycles. The average Bonchev–Trinajstić information content (AvgIpc) is 3.14. The Labute approximate surface area is 205 Å². The molecule has 2 N–H and O–H groups in total. The number of hydrogen-bond donors (Lipinski definition) is 2. The van der Waals surface area contributed by atoms with E-state index in [0.717, 1.165) is 0 Å². The van der Waals surface area contributed by atoms with Gasteiger partial charge in [0.15, 0.2) is 0 Å². The lowest BCUT2D eigenvalue weighted by atomic mass is 9.94. The van der Waals surface area contributed by atoms with Crippen LogP contribution in [0.3, 0.4) is 0 Å². The fraction of sp³-hybridized carbons (Fsp3) is 0.115. The number of anilines is 1. The van der Waals surface area contributed by atoms with Gasteiger partial charge in [-0.15, -0.1) is 0 Å². The lowest BCUT2D eigenvalue weighted by Crippen LogP contribution is -2.29. The Kier molecular flexibility index (Phi) is 6.36. The van der Waals surface area contributed by atoms with Gasteiger partial charge < -0.3 is 19.7 Å². The number of phenols is 1. The predicted octanol–water partition coefficient (Wildman–Crippen LogP) is 4.56. The number of benzene rings is 3. The summed E-state index contributed by atoms with van der Waals surface area (Å²) >= 11 is 6.27. The lowest BCUT2D eigenvalue weighted by molar-refractivity contribution is -0.132. The van der Waals surface area contributed by atoms with Gasteiger partial charge in [-0.25, -0.2) is 0 Å². The molecule has 0 aromatic heterocycles. The SMILES string of the molecule is COc1cc(OC)c(/C(O)=C2\C(=O)C(=O)N(c3ccc(C#N)cc3)C2c2ccc(O)cc2)cc1Cl. The van der Waals surface area contributed by atoms with Crippen molar-refractivity contribution in [2.75, 3.05) is 19.1 Å². The Morgan fingerprint density at radius 1 is 1.00 bits per heavy atom.